The van der Waals surface area contributed by atoms with E-state index >= 15 is 0 Å². The summed E-state index contributed by atoms with van der Waals surface area (Å²) in [6.45, 7) is 8.15. The molecular formula is C22H34N4O3. The second-order valence-corrected chi connectivity index (χ2v) is 8.34. The zero-order chi connectivity index (χ0) is 21.4. The summed E-state index contributed by atoms with van der Waals surface area (Å²) in [4.78, 5) is 32.5. The van der Waals surface area contributed by atoms with Crippen LogP contribution in [-0.2, 0) is 16.1 Å². The minimum Gasteiger partial charge on any atom is -0.443 e. The number of benzene rings is 1. The summed E-state index contributed by atoms with van der Waals surface area (Å²) in [6, 6.07) is 7.85. The summed E-state index contributed by atoms with van der Waals surface area (Å²) in [5, 5.41) is 3.09. The van der Waals surface area contributed by atoms with Crippen molar-refractivity contribution in [2.75, 3.05) is 33.7 Å². The van der Waals surface area contributed by atoms with Crippen molar-refractivity contribution in [3.63, 3.8) is 0 Å². The fraction of sp³-hybridized carbons (Fsp3) is 0.591. The zero-order valence-corrected chi connectivity index (χ0v) is 18.3. The number of unbranched alkanes of at least 4 members (excludes halogenated alkanes) is 1. The quantitative estimate of drug-likeness (QED) is 0.678. The van der Waals surface area contributed by atoms with E-state index in [9.17, 15) is 9.59 Å². The van der Waals surface area contributed by atoms with E-state index in [4.69, 9.17) is 4.74 Å². The Labute approximate surface area is 174 Å². The maximum absolute atomic E-state index is 12.4. The molecule has 0 fully saturated rings. The number of nitrogens with zero attached hydrogens (tertiary/aromatic N) is 3. The number of amides is 2. The van der Waals surface area contributed by atoms with Gasteiger partial charge in [-0.25, -0.2) is 4.79 Å². The van der Waals surface area contributed by atoms with Gasteiger partial charge in [-0.3, -0.25) is 14.7 Å². The number of hydrogen-bond donors (Lipinski definition) is 1. The molecule has 0 atom stereocenters. The molecule has 0 radical (unpaired) electrons. The number of nitrogens with one attached hydrogen (secondary N) is 1. The smallest absolute Gasteiger partial charge is 0.416 e. The van der Waals surface area contributed by atoms with Crippen LogP contribution >= 0.6 is 0 Å². The van der Waals surface area contributed by atoms with E-state index < -0.39 is 5.60 Å². The monoisotopic (exact) mass is 402 g/mol. The van der Waals surface area contributed by atoms with Gasteiger partial charge in [0.25, 0.3) is 0 Å². The molecule has 0 spiro atoms. The fourth-order valence-electron chi connectivity index (χ4n) is 3.08. The van der Waals surface area contributed by atoms with Gasteiger partial charge in [-0.05, 0) is 52.8 Å². The minimum atomic E-state index is -0.543. The van der Waals surface area contributed by atoms with Crippen molar-refractivity contribution >= 4 is 17.8 Å². The molecule has 0 aliphatic carbocycles. The van der Waals surface area contributed by atoms with Crippen molar-refractivity contribution in [2.24, 2.45) is 4.99 Å². The minimum absolute atomic E-state index is 0.154. The molecule has 0 unspecified atom stereocenters. The van der Waals surface area contributed by atoms with Crippen LogP contribution in [0.3, 0.4) is 0 Å². The molecule has 7 nitrogen and oxygen atoms in total. The predicted octanol–water partition coefficient (Wildman–Crippen LogP) is 3.03. The average Bonchev–Trinajstić information content (AvgIpc) is 3.14. The van der Waals surface area contributed by atoms with Gasteiger partial charge in [0.1, 0.15) is 11.4 Å². The summed E-state index contributed by atoms with van der Waals surface area (Å²) in [5.41, 5.74) is 1.37. The largest absolute Gasteiger partial charge is 0.443 e. The molecule has 0 saturated carbocycles. The lowest BCUT2D eigenvalue weighted by Crippen LogP contribution is -2.39. The first-order valence-corrected chi connectivity index (χ1v) is 10.2. The predicted molar refractivity (Wildman–Crippen MR) is 115 cm³/mol. The molecule has 29 heavy (non-hydrogen) atoms. The van der Waals surface area contributed by atoms with E-state index in [0.29, 0.717) is 31.9 Å². The van der Waals surface area contributed by atoms with Crippen LogP contribution in [0.15, 0.2) is 29.3 Å². The first-order valence-electron chi connectivity index (χ1n) is 10.2. The highest BCUT2D eigenvalue weighted by molar-refractivity contribution is 6.07. The summed E-state index contributed by atoms with van der Waals surface area (Å²) < 4.78 is 5.48. The Kier molecular flexibility index (Phi) is 8.20. The highest BCUT2D eigenvalue weighted by atomic mass is 16.6. The number of hydrogen-bond acceptors (Lipinski definition) is 5. The summed E-state index contributed by atoms with van der Waals surface area (Å²) >= 11 is 0. The third-order valence-corrected chi connectivity index (χ3v) is 4.58. The van der Waals surface area contributed by atoms with E-state index in [2.05, 4.69) is 10.3 Å². The van der Waals surface area contributed by atoms with Crippen LogP contribution in [0.4, 0.5) is 4.79 Å². The van der Waals surface area contributed by atoms with Gasteiger partial charge in [0.05, 0.1) is 13.1 Å². The van der Waals surface area contributed by atoms with Gasteiger partial charge in [-0.2, -0.15) is 0 Å². The molecule has 2 amide bonds. The molecule has 1 aliphatic rings. The number of carbonyl (C=O) groups is 2. The van der Waals surface area contributed by atoms with Gasteiger partial charge < -0.3 is 15.0 Å². The number of aliphatic imine (C=N–C) groups is 1. The number of carbonyl (C=O) groups excluding carboxylic acids is 2. The second kappa shape index (κ2) is 10.4. The number of rotatable bonds is 8. The Morgan fingerprint density at radius 3 is 2.52 bits per heavy atom. The maximum Gasteiger partial charge on any atom is 0.416 e. The maximum atomic E-state index is 12.4. The summed E-state index contributed by atoms with van der Waals surface area (Å²) in [7, 11) is 3.75. The molecule has 1 aliphatic heterocycles. The molecule has 1 aromatic rings. The van der Waals surface area contributed by atoms with Crippen molar-refractivity contribution in [3.05, 3.63) is 35.4 Å². The van der Waals surface area contributed by atoms with Gasteiger partial charge in [0, 0.05) is 25.6 Å². The first-order chi connectivity index (χ1) is 13.7. The van der Waals surface area contributed by atoms with Crippen molar-refractivity contribution in [1.82, 2.24) is 15.1 Å². The van der Waals surface area contributed by atoms with Gasteiger partial charge in [-0.1, -0.05) is 24.3 Å². The molecule has 7 heteroatoms. The third-order valence-electron chi connectivity index (χ3n) is 4.58. The van der Waals surface area contributed by atoms with E-state index in [0.717, 1.165) is 30.5 Å². The lowest BCUT2D eigenvalue weighted by Gasteiger charge is -2.25. The topological polar surface area (TPSA) is 74.2 Å². The fourth-order valence-corrected chi connectivity index (χ4v) is 3.08. The zero-order valence-electron chi connectivity index (χ0n) is 18.3. The van der Waals surface area contributed by atoms with Crippen LogP contribution in [0.1, 0.15) is 51.2 Å². The highest BCUT2D eigenvalue weighted by Gasteiger charge is 2.29. The highest BCUT2D eigenvalue weighted by Crippen LogP contribution is 2.17. The Morgan fingerprint density at radius 2 is 1.90 bits per heavy atom. The molecule has 1 N–H and O–H groups in total. The Balaban J connectivity index is 1.94. The molecule has 2 rings (SSSR count). The van der Waals surface area contributed by atoms with Crippen LogP contribution in [-0.4, -0.2) is 67.0 Å². The van der Waals surface area contributed by atoms with Gasteiger partial charge in [0.2, 0.25) is 5.91 Å². The number of ether oxygens (including phenoxy) is 1. The first kappa shape index (κ1) is 22.9. The number of amidine groups is 1. The van der Waals surface area contributed by atoms with E-state index in [-0.39, 0.29) is 12.0 Å². The second-order valence-electron chi connectivity index (χ2n) is 8.34. The Morgan fingerprint density at radius 1 is 1.21 bits per heavy atom. The average molecular weight is 403 g/mol. The molecule has 160 valence electrons. The van der Waals surface area contributed by atoms with Crippen LogP contribution in [0.25, 0.3) is 0 Å². The van der Waals surface area contributed by atoms with Crippen molar-refractivity contribution in [3.8, 4) is 0 Å². The van der Waals surface area contributed by atoms with Gasteiger partial charge in [-0.15, -0.1) is 0 Å². The van der Waals surface area contributed by atoms with Gasteiger partial charge in [0.15, 0.2) is 0 Å². The Hall–Kier alpha value is -2.41. The Bertz CT molecular complexity index is 723. The normalized spacial score (nSPS) is 14.0. The third kappa shape index (κ3) is 7.16. The lowest BCUT2D eigenvalue weighted by molar-refractivity contribution is -0.130. The van der Waals surface area contributed by atoms with Crippen LogP contribution in [0.2, 0.25) is 0 Å². The molecule has 1 heterocycles. The standard InChI is InChI=1S/C22H34N4O3/c1-22(2,3)29-21(28)26-15-14-24-20(26)18-11-9-17(10-12-18)16-25(5)19(27)8-6-7-13-23-4/h9-12,23H,6-8,13-16H2,1-5H3. The van der Waals surface area contributed by atoms with Crippen molar-refractivity contribution in [1.29, 1.82) is 0 Å². The molecule has 1 aromatic carbocycles. The van der Waals surface area contributed by atoms with Crippen LogP contribution in [0, 0.1) is 0 Å². The van der Waals surface area contributed by atoms with Gasteiger partial charge >= 0.3 is 6.09 Å². The molecule has 0 bridgehead atoms. The molecular weight excluding hydrogens is 368 g/mol. The van der Waals surface area contributed by atoms with Crippen LogP contribution in [0.5, 0.6) is 0 Å². The van der Waals surface area contributed by atoms with E-state index in [1.54, 1.807) is 9.80 Å². The summed E-state index contributed by atoms with van der Waals surface area (Å²) in [5.74, 6) is 0.793. The molecule has 0 aromatic heterocycles. The van der Waals surface area contributed by atoms with E-state index in [1.807, 2.05) is 59.1 Å². The molecule has 0 saturated heterocycles. The van der Waals surface area contributed by atoms with E-state index in [1.165, 1.54) is 0 Å². The van der Waals surface area contributed by atoms with Crippen LogP contribution < -0.4 is 5.32 Å². The van der Waals surface area contributed by atoms with Crippen molar-refractivity contribution < 1.29 is 14.3 Å². The van der Waals surface area contributed by atoms with Crippen molar-refractivity contribution in [2.45, 2.75) is 52.2 Å². The summed E-state index contributed by atoms with van der Waals surface area (Å²) in [6.07, 6.45) is 2.09. The SMILES string of the molecule is CNCCCCC(=O)N(C)Cc1ccc(C2=NCCN2C(=O)OC(C)(C)C)cc1. The lowest BCUT2D eigenvalue weighted by atomic mass is 10.1.